The van der Waals surface area contributed by atoms with Crippen LogP contribution in [-0.2, 0) is 57.9 Å². The molecule has 0 unspecified atom stereocenters. The summed E-state index contributed by atoms with van der Waals surface area (Å²) in [5.41, 5.74) is 3.32. The Labute approximate surface area is 491 Å². The van der Waals surface area contributed by atoms with Gasteiger partial charge in [-0.15, -0.1) is 11.8 Å². The fraction of sp³-hybridized carbons (Fsp3) is 0.685. The fourth-order valence-electron chi connectivity index (χ4n) is 12.3. The van der Waals surface area contributed by atoms with E-state index in [1.54, 1.807) is 59.1 Å². The normalized spacial score (nSPS) is 39.2. The van der Waals surface area contributed by atoms with Crippen molar-refractivity contribution in [2.45, 2.75) is 180 Å². The molecule has 81 heavy (non-hydrogen) atoms. The van der Waals surface area contributed by atoms with Gasteiger partial charge in [0.05, 0.1) is 89.7 Å². The van der Waals surface area contributed by atoms with Crippen molar-refractivity contribution in [3.63, 3.8) is 0 Å². The molecule has 0 aromatic heterocycles. The molecule has 5 heterocycles. The first-order chi connectivity index (χ1) is 38.7. The van der Waals surface area contributed by atoms with Crippen LogP contribution in [0.25, 0.3) is 0 Å². The average molecular weight is 1290 g/mol. The number of fused-ring (bicyclic) bond motifs is 2. The molecule has 0 radical (unpaired) electrons. The van der Waals surface area contributed by atoms with Crippen LogP contribution in [0.1, 0.15) is 80.1 Å². The van der Waals surface area contributed by atoms with Crippen LogP contribution in [0, 0.1) is 10.5 Å². The summed E-state index contributed by atoms with van der Waals surface area (Å²) < 4.78 is 71.9. The third-order valence-electron chi connectivity index (χ3n) is 16.4. The second kappa shape index (κ2) is 25.9. The molecule has 1 saturated carbocycles. The maximum atomic E-state index is 14.4. The first kappa shape index (κ1) is 62.5. The number of halogens is 1. The van der Waals surface area contributed by atoms with Crippen molar-refractivity contribution < 1.29 is 102 Å². The van der Waals surface area contributed by atoms with Gasteiger partial charge in [0.15, 0.2) is 36.2 Å². The zero-order valence-electron chi connectivity index (χ0n) is 46.6. The summed E-state index contributed by atoms with van der Waals surface area (Å²) in [5.74, 6) is 0.149. The van der Waals surface area contributed by atoms with Crippen LogP contribution in [0.3, 0.4) is 0 Å². The van der Waals surface area contributed by atoms with E-state index < -0.39 is 131 Å². The fourth-order valence-corrected chi connectivity index (χ4v) is 15.7. The molecule has 4 saturated heterocycles. The lowest BCUT2D eigenvalue weighted by Crippen LogP contribution is -2.69. The summed E-state index contributed by atoms with van der Waals surface area (Å²) >= 11 is 4.19. The predicted octanol–water partition coefficient (Wildman–Crippen LogP) is 2.40. The number of ketones is 1. The molecule has 9 rings (SSSR count). The van der Waals surface area contributed by atoms with E-state index in [1.807, 2.05) is 35.6 Å². The number of amides is 1. The van der Waals surface area contributed by atoms with Crippen molar-refractivity contribution in [2.75, 3.05) is 54.5 Å². The van der Waals surface area contributed by atoms with Crippen molar-refractivity contribution in [1.82, 2.24) is 16.1 Å². The van der Waals surface area contributed by atoms with Gasteiger partial charge in [0.2, 0.25) is 17.2 Å². The highest BCUT2D eigenvalue weighted by Crippen LogP contribution is 2.65. The van der Waals surface area contributed by atoms with Crippen molar-refractivity contribution in [3.8, 4) is 17.2 Å². The molecule has 2 bridgehead atoms. The van der Waals surface area contributed by atoms with Crippen molar-refractivity contribution >= 4 is 63.1 Å². The summed E-state index contributed by atoms with van der Waals surface area (Å²) in [7, 11) is 6.89. The molecular formula is C54H74IN3O21S2. The molecule has 2 aromatic rings. The lowest BCUT2D eigenvalue weighted by Gasteiger charge is -2.57. The molecule has 0 spiro atoms. The number of hydrogen-bond acceptors (Lipinski definition) is 25. The van der Waals surface area contributed by atoms with Gasteiger partial charge in [-0.2, -0.15) is 5.48 Å². The van der Waals surface area contributed by atoms with Gasteiger partial charge in [0.25, 0.3) is 0 Å². The Kier molecular flexibility index (Phi) is 20.0. The maximum absolute atomic E-state index is 14.4. The second-order valence-electron chi connectivity index (χ2n) is 21.1. The Bertz CT molecular complexity index is 2630. The van der Waals surface area contributed by atoms with Crippen LogP contribution < -0.4 is 30.3 Å². The van der Waals surface area contributed by atoms with Crippen LogP contribution in [0.4, 0.5) is 4.79 Å². The van der Waals surface area contributed by atoms with Gasteiger partial charge in [-0.3, -0.25) is 14.4 Å². The number of thioether (sulfide) groups is 2. The van der Waals surface area contributed by atoms with E-state index in [0.29, 0.717) is 38.1 Å². The van der Waals surface area contributed by atoms with Crippen molar-refractivity contribution in [3.05, 3.63) is 61.7 Å². The Morgan fingerprint density at radius 3 is 2.27 bits per heavy atom. The SMILES string of the molecule is CCN[C@H]1CO[C@@H](O[C@H]2[C@H](O[C@H]3c4ccccc4[C@]4(O)CC(=O)[C@H](NC(=O)OC)[C@@]35SCC=C54)O[C@H](C)[C@@H](NO[C@H]3C[C@H](O)[C@H](SC(=O)c4c(C)c(I)c(O[C@@H]5O[C@@H](C)[C@H](O)[C@@H](OC)[C@H]5O)c(OC)c4OC)[C@@H](C)O3)[C@@H]2O)C[C@@H]1OC. The molecule has 5 fully saturated rings. The summed E-state index contributed by atoms with van der Waals surface area (Å²) in [6.07, 6.45) is -15.1. The van der Waals surface area contributed by atoms with E-state index in [2.05, 4.69) is 16.1 Å². The number of carbonyl (C=O) groups excluding carboxylic acids is 3. The number of rotatable bonds is 18. The number of benzene rings is 2. The predicted molar refractivity (Wildman–Crippen MR) is 298 cm³/mol. The number of aliphatic hydroxyl groups is 5. The highest BCUT2D eigenvalue weighted by Gasteiger charge is 2.69. The van der Waals surface area contributed by atoms with Gasteiger partial charge in [-0.05, 0) is 79.1 Å². The van der Waals surface area contributed by atoms with Crippen LogP contribution in [0.5, 0.6) is 17.2 Å². The lowest BCUT2D eigenvalue weighted by molar-refractivity contribution is -0.343. The van der Waals surface area contributed by atoms with Gasteiger partial charge in [-0.25, -0.2) is 4.79 Å². The number of methoxy groups -OCH3 is 5. The number of ether oxygens (including phenoxy) is 12. The molecule has 2 aliphatic carbocycles. The quantitative estimate of drug-likeness (QED) is 0.0604. The lowest BCUT2D eigenvalue weighted by atomic mass is 9.59. The molecule has 1 amide bonds. The number of likely N-dealkylation sites (N-methyl/N-ethyl adjacent to an activating group) is 1. The van der Waals surface area contributed by atoms with E-state index in [-0.39, 0.29) is 60.8 Å². The molecular weight excluding hydrogens is 1220 g/mol. The van der Waals surface area contributed by atoms with Crippen LogP contribution in [0.2, 0.25) is 0 Å². The summed E-state index contributed by atoms with van der Waals surface area (Å²) in [6.45, 7) is 9.57. The molecule has 21 atom stereocenters. The van der Waals surface area contributed by atoms with Gasteiger partial charge < -0.3 is 93.0 Å². The average Bonchev–Trinajstić information content (AvgIpc) is 4.15. The highest BCUT2D eigenvalue weighted by molar-refractivity contribution is 14.1. The topological polar surface area (TPSA) is 308 Å². The minimum Gasteiger partial charge on any atom is -0.492 e. The van der Waals surface area contributed by atoms with Gasteiger partial charge >= 0.3 is 6.09 Å². The van der Waals surface area contributed by atoms with E-state index in [1.165, 1.54) is 40.2 Å². The number of hydroxylamine groups is 1. The van der Waals surface area contributed by atoms with E-state index in [4.69, 9.17) is 61.7 Å². The second-order valence-corrected chi connectivity index (χ2v) is 24.6. The molecule has 450 valence electrons. The van der Waals surface area contributed by atoms with Crippen molar-refractivity contribution in [1.29, 1.82) is 0 Å². The third-order valence-corrected chi connectivity index (χ3v) is 20.5. The van der Waals surface area contributed by atoms with Gasteiger partial charge in [0.1, 0.15) is 48.3 Å². The Hall–Kier alpha value is -3.02. The van der Waals surface area contributed by atoms with Crippen molar-refractivity contribution in [2.24, 2.45) is 0 Å². The van der Waals surface area contributed by atoms with Crippen LogP contribution in [-0.4, -0.2) is 211 Å². The minimum atomic E-state index is -1.70. The third kappa shape index (κ3) is 11.6. The standard InChI is InChI=1S/C54H74IN3O21S2/c1-11-56-28-21-72-33(19-31(28)67-6)76-44-39(62)37(23(3)74-51(44)78-48-26-14-12-13-15-27(26)53(66)20-30(60)47(57-52(65)71-10)54(48)32(53)16-17-80-54)58-79-34-18-29(59)46(25(5)73-34)81-49(64)35-22(2)36(55)42(45(70-9)41(35)68-7)77-50-40(63)43(69-8)38(61)24(4)75-50/h12-16,23-25,28-29,31,33-34,37-40,43-44,46-48,50-51,56,58-59,61-63,66H,11,17-21H2,1-10H3,(H,57,65)/t23-,24+,25-,28+,29+,31+,33+,34+,37-,38+,39+,40-,43-,44-,46-,47+,48+,50+,51+,53-,54-/m1/s1. The highest BCUT2D eigenvalue weighted by atomic mass is 127. The van der Waals surface area contributed by atoms with E-state index in [0.717, 1.165) is 11.8 Å². The van der Waals surface area contributed by atoms with E-state index in [9.17, 15) is 39.9 Å². The Balaban J connectivity index is 0.929. The molecule has 27 heteroatoms. The number of carbonyl (C=O) groups is 3. The zero-order valence-corrected chi connectivity index (χ0v) is 50.4. The van der Waals surface area contributed by atoms with Gasteiger partial charge in [0, 0.05) is 39.2 Å². The monoisotopic (exact) mass is 1290 g/mol. The molecule has 2 aromatic carbocycles. The number of hydrogen-bond donors (Lipinski definition) is 8. The zero-order chi connectivity index (χ0) is 58.4. The molecule has 24 nitrogen and oxygen atoms in total. The van der Waals surface area contributed by atoms with Crippen LogP contribution >= 0.6 is 46.1 Å². The van der Waals surface area contributed by atoms with Crippen LogP contribution in [0.15, 0.2) is 35.9 Å². The van der Waals surface area contributed by atoms with E-state index >= 15 is 0 Å². The first-order valence-electron chi connectivity index (χ1n) is 26.9. The largest absolute Gasteiger partial charge is 0.492 e. The van der Waals surface area contributed by atoms with Gasteiger partial charge in [-0.1, -0.05) is 49.0 Å². The maximum Gasteiger partial charge on any atom is 0.407 e. The first-order valence-corrected chi connectivity index (χ1v) is 29.8. The summed E-state index contributed by atoms with van der Waals surface area (Å²) in [4.78, 5) is 47.8. The minimum absolute atomic E-state index is 0.0377. The summed E-state index contributed by atoms with van der Waals surface area (Å²) in [5, 5.41) is 63.3. The number of alkyl carbamates (subject to hydrolysis) is 1. The smallest absolute Gasteiger partial charge is 0.407 e. The molecule has 7 aliphatic rings. The number of Topliss-reactive ketones (excluding diaryl/α,β-unsaturated/α-hetero) is 1. The Morgan fingerprint density at radius 2 is 1.59 bits per heavy atom. The molecule has 8 N–H and O–H groups in total. The number of aliphatic hydroxyl groups excluding tert-OH is 4. The number of nitrogens with one attached hydrogen (secondary N) is 3. The molecule has 5 aliphatic heterocycles. The summed E-state index contributed by atoms with van der Waals surface area (Å²) in [6, 6.07) is 4.71. The Morgan fingerprint density at radius 1 is 0.864 bits per heavy atom.